The molecule has 3 aromatic carbocycles. The number of nitrogens with zero attached hydrogens (tertiary/aromatic N) is 2. The normalized spacial score (nSPS) is 14.5. The van der Waals surface area contributed by atoms with Crippen LogP contribution in [0.4, 0.5) is 0 Å². The van der Waals surface area contributed by atoms with Crippen LogP contribution in [-0.2, 0) is 9.53 Å². The Labute approximate surface area is 255 Å². The molecular formula is C34H26N2O7S. The number of furan rings is 1. The van der Waals surface area contributed by atoms with Crippen molar-refractivity contribution in [3.8, 4) is 17.2 Å². The SMILES string of the molecule is CCOC(=O)C1=C(C)N=c2s/c(=C/c3cccc(Oc4ccccc4)c3)c(=O)n2C1c1ccc(OC(=O)c2ccco2)cc1. The molecule has 3 heterocycles. The maximum Gasteiger partial charge on any atom is 0.379 e. The summed E-state index contributed by atoms with van der Waals surface area (Å²) in [6.07, 6.45) is 3.16. The third-order valence-corrected chi connectivity index (χ3v) is 7.76. The van der Waals surface area contributed by atoms with Gasteiger partial charge in [-0.3, -0.25) is 9.36 Å². The Morgan fingerprint density at radius 3 is 2.43 bits per heavy atom. The summed E-state index contributed by atoms with van der Waals surface area (Å²) >= 11 is 1.23. The smallest absolute Gasteiger partial charge is 0.379 e. The van der Waals surface area contributed by atoms with E-state index in [0.717, 1.165) is 5.56 Å². The highest BCUT2D eigenvalue weighted by Crippen LogP contribution is 2.32. The number of thiazole rings is 1. The summed E-state index contributed by atoms with van der Waals surface area (Å²) in [4.78, 5) is 44.5. The maximum atomic E-state index is 14.0. The van der Waals surface area contributed by atoms with Crippen molar-refractivity contribution in [2.75, 3.05) is 6.61 Å². The van der Waals surface area contributed by atoms with Gasteiger partial charge in [-0.25, -0.2) is 14.6 Å². The van der Waals surface area contributed by atoms with E-state index >= 15 is 0 Å². The zero-order chi connectivity index (χ0) is 30.6. The minimum Gasteiger partial charge on any atom is -0.463 e. The number of carbonyl (C=O) groups is 2. The predicted octanol–water partition coefficient (Wildman–Crippen LogP) is 5.40. The summed E-state index contributed by atoms with van der Waals surface area (Å²) in [6.45, 7) is 3.60. The van der Waals surface area contributed by atoms with Gasteiger partial charge in [0, 0.05) is 0 Å². The second-order valence-electron chi connectivity index (χ2n) is 9.73. The van der Waals surface area contributed by atoms with Crippen LogP contribution < -0.4 is 24.4 Å². The summed E-state index contributed by atoms with van der Waals surface area (Å²) in [7, 11) is 0. The molecule has 0 bridgehead atoms. The van der Waals surface area contributed by atoms with Crippen LogP contribution in [0.3, 0.4) is 0 Å². The minimum atomic E-state index is -0.810. The van der Waals surface area contributed by atoms with Gasteiger partial charge in [0.25, 0.3) is 5.56 Å². The number of ether oxygens (including phenoxy) is 3. The first-order chi connectivity index (χ1) is 21.4. The van der Waals surface area contributed by atoms with Crippen LogP contribution in [-0.4, -0.2) is 23.1 Å². The number of benzene rings is 3. The molecule has 0 radical (unpaired) electrons. The molecule has 0 saturated carbocycles. The zero-order valence-corrected chi connectivity index (χ0v) is 24.6. The third-order valence-electron chi connectivity index (χ3n) is 6.78. The molecule has 1 unspecified atom stereocenters. The van der Waals surface area contributed by atoms with Crippen LogP contribution in [0.1, 0.15) is 41.6 Å². The zero-order valence-electron chi connectivity index (χ0n) is 23.8. The van der Waals surface area contributed by atoms with Gasteiger partial charge < -0.3 is 18.6 Å². The van der Waals surface area contributed by atoms with Gasteiger partial charge in [-0.05, 0) is 79.6 Å². The van der Waals surface area contributed by atoms with Crippen molar-refractivity contribution >= 4 is 29.4 Å². The lowest BCUT2D eigenvalue weighted by atomic mass is 9.96. The molecule has 1 atom stereocenters. The van der Waals surface area contributed by atoms with E-state index in [2.05, 4.69) is 4.99 Å². The van der Waals surface area contributed by atoms with E-state index in [1.165, 1.54) is 28.2 Å². The Bertz CT molecular complexity index is 2040. The number of aromatic nitrogens is 1. The Balaban J connectivity index is 1.38. The van der Waals surface area contributed by atoms with Crippen molar-refractivity contribution in [1.29, 1.82) is 0 Å². The molecule has 0 aliphatic carbocycles. The fourth-order valence-electron chi connectivity index (χ4n) is 4.82. The molecule has 0 N–H and O–H groups in total. The number of rotatable bonds is 8. The molecule has 0 amide bonds. The molecule has 220 valence electrons. The highest BCUT2D eigenvalue weighted by molar-refractivity contribution is 7.07. The summed E-state index contributed by atoms with van der Waals surface area (Å²) < 4.78 is 23.8. The summed E-state index contributed by atoms with van der Waals surface area (Å²) in [6, 6.07) is 25.8. The quantitative estimate of drug-likeness (QED) is 0.172. The van der Waals surface area contributed by atoms with Gasteiger partial charge in [-0.15, -0.1) is 0 Å². The molecule has 6 rings (SSSR count). The van der Waals surface area contributed by atoms with Gasteiger partial charge in [-0.1, -0.05) is 53.8 Å². The fraction of sp³-hybridized carbons (Fsp3) is 0.118. The molecule has 10 heteroatoms. The van der Waals surface area contributed by atoms with Gasteiger partial charge in [0.1, 0.15) is 17.2 Å². The van der Waals surface area contributed by atoms with Gasteiger partial charge in [-0.2, -0.15) is 0 Å². The number of carbonyl (C=O) groups excluding carboxylic acids is 2. The standard InChI is InChI=1S/C34H26N2O7S/c1-3-40-33(39)29-21(2)35-34-36(30(29)23-14-16-25(17-15-23)43-32(38)27-13-8-18-41-27)31(37)28(44-34)20-22-9-7-12-26(19-22)42-24-10-5-4-6-11-24/h4-20,30H,3H2,1-2H3/b28-20+. The van der Waals surface area contributed by atoms with Crippen LogP contribution in [0.2, 0.25) is 0 Å². The van der Waals surface area contributed by atoms with Gasteiger partial charge >= 0.3 is 11.9 Å². The molecular weight excluding hydrogens is 580 g/mol. The topological polar surface area (TPSA) is 109 Å². The average molecular weight is 607 g/mol. The predicted molar refractivity (Wildman–Crippen MR) is 163 cm³/mol. The molecule has 5 aromatic rings. The van der Waals surface area contributed by atoms with Crippen molar-refractivity contribution in [2.45, 2.75) is 19.9 Å². The lowest BCUT2D eigenvalue weighted by Crippen LogP contribution is -2.39. The van der Waals surface area contributed by atoms with E-state index in [1.54, 1.807) is 50.3 Å². The molecule has 1 aliphatic heterocycles. The Hall–Kier alpha value is -5.48. The first-order valence-electron chi connectivity index (χ1n) is 13.8. The van der Waals surface area contributed by atoms with E-state index < -0.39 is 18.0 Å². The Kier molecular flexibility index (Phi) is 8.07. The highest BCUT2D eigenvalue weighted by atomic mass is 32.1. The van der Waals surface area contributed by atoms with E-state index in [-0.39, 0.29) is 29.2 Å². The van der Waals surface area contributed by atoms with Crippen LogP contribution in [0.25, 0.3) is 6.08 Å². The Morgan fingerprint density at radius 1 is 0.932 bits per heavy atom. The third kappa shape index (κ3) is 5.88. The number of para-hydroxylation sites is 1. The molecule has 2 aromatic heterocycles. The molecule has 0 saturated heterocycles. The largest absolute Gasteiger partial charge is 0.463 e. The summed E-state index contributed by atoms with van der Waals surface area (Å²) in [5.74, 6) is 0.473. The monoisotopic (exact) mass is 606 g/mol. The van der Waals surface area contributed by atoms with Gasteiger partial charge in [0.2, 0.25) is 5.76 Å². The average Bonchev–Trinajstić information content (AvgIpc) is 3.66. The number of hydrogen-bond acceptors (Lipinski definition) is 9. The van der Waals surface area contributed by atoms with Crippen LogP contribution in [0.15, 0.2) is 123 Å². The number of esters is 2. The number of allylic oxidation sites excluding steroid dienone is 1. The van der Waals surface area contributed by atoms with Crippen molar-refractivity contribution in [1.82, 2.24) is 4.57 Å². The first kappa shape index (κ1) is 28.6. The Morgan fingerprint density at radius 2 is 1.70 bits per heavy atom. The molecule has 44 heavy (non-hydrogen) atoms. The van der Waals surface area contributed by atoms with Crippen molar-refractivity contribution in [3.05, 3.63) is 145 Å². The second kappa shape index (κ2) is 12.4. The van der Waals surface area contributed by atoms with Crippen LogP contribution in [0, 0.1) is 0 Å². The van der Waals surface area contributed by atoms with Crippen molar-refractivity contribution in [3.63, 3.8) is 0 Å². The van der Waals surface area contributed by atoms with E-state index in [1.807, 2.05) is 54.6 Å². The van der Waals surface area contributed by atoms with Crippen molar-refractivity contribution in [2.24, 2.45) is 4.99 Å². The fourth-order valence-corrected chi connectivity index (χ4v) is 5.87. The lowest BCUT2D eigenvalue weighted by Gasteiger charge is -2.24. The van der Waals surface area contributed by atoms with E-state index in [4.69, 9.17) is 18.6 Å². The minimum absolute atomic E-state index is 0.0709. The highest BCUT2D eigenvalue weighted by Gasteiger charge is 2.33. The summed E-state index contributed by atoms with van der Waals surface area (Å²) in [5.41, 5.74) is 1.78. The first-order valence-corrected chi connectivity index (χ1v) is 14.6. The van der Waals surface area contributed by atoms with E-state index in [9.17, 15) is 14.4 Å². The number of hydrogen-bond donors (Lipinski definition) is 0. The van der Waals surface area contributed by atoms with E-state index in [0.29, 0.717) is 32.1 Å². The molecule has 0 fully saturated rings. The van der Waals surface area contributed by atoms with Crippen LogP contribution >= 0.6 is 11.3 Å². The summed E-state index contributed by atoms with van der Waals surface area (Å²) in [5, 5.41) is 0. The number of fused-ring (bicyclic) bond motifs is 1. The lowest BCUT2D eigenvalue weighted by molar-refractivity contribution is -0.139. The van der Waals surface area contributed by atoms with Crippen molar-refractivity contribution < 1.29 is 28.2 Å². The maximum absolute atomic E-state index is 14.0. The van der Waals surface area contributed by atoms with Gasteiger partial charge in [0.05, 0.1) is 34.7 Å². The molecule has 9 nitrogen and oxygen atoms in total. The van der Waals surface area contributed by atoms with Crippen LogP contribution in [0.5, 0.6) is 17.2 Å². The van der Waals surface area contributed by atoms with Gasteiger partial charge in [0.15, 0.2) is 4.80 Å². The molecule has 1 aliphatic rings. The second-order valence-corrected chi connectivity index (χ2v) is 10.7. The molecule has 0 spiro atoms.